The van der Waals surface area contributed by atoms with Crippen LogP contribution in [-0.2, 0) is 0 Å². The summed E-state index contributed by atoms with van der Waals surface area (Å²) in [4.78, 5) is 3.92. The van der Waals surface area contributed by atoms with Crippen LogP contribution in [0.3, 0.4) is 0 Å². The summed E-state index contributed by atoms with van der Waals surface area (Å²) < 4.78 is 0. The van der Waals surface area contributed by atoms with Crippen molar-refractivity contribution in [3.63, 3.8) is 0 Å². The Morgan fingerprint density at radius 1 is 1.83 bits per heavy atom. The molecule has 3 heteroatoms. The van der Waals surface area contributed by atoms with E-state index in [1.165, 1.54) is 5.75 Å². The summed E-state index contributed by atoms with van der Waals surface area (Å²) in [6, 6.07) is 0. The third-order valence-corrected chi connectivity index (χ3v) is 1.20. The molecular formula is C3H7BeNS. The minimum absolute atomic E-state index is 0. The van der Waals surface area contributed by atoms with Crippen LogP contribution in [0.4, 0.5) is 0 Å². The van der Waals surface area contributed by atoms with Gasteiger partial charge in [-0.15, -0.1) is 11.8 Å². The zero-order valence-electron chi connectivity index (χ0n) is 5.55. The Kier molecular flexibility index (Phi) is 3.49. The van der Waals surface area contributed by atoms with Crippen LogP contribution in [0.25, 0.3) is 0 Å². The van der Waals surface area contributed by atoms with E-state index in [1.807, 2.05) is 5.55 Å². The first kappa shape index (κ1) is 6.19. The van der Waals surface area contributed by atoms with Crippen molar-refractivity contribution in [3.05, 3.63) is 0 Å². The van der Waals surface area contributed by atoms with E-state index < -0.39 is 0 Å². The van der Waals surface area contributed by atoms with Crippen molar-refractivity contribution in [2.75, 3.05) is 12.3 Å². The van der Waals surface area contributed by atoms with Gasteiger partial charge in [-0.05, 0) is 0 Å². The van der Waals surface area contributed by atoms with Gasteiger partial charge in [0.05, 0.1) is 5.55 Å². The van der Waals surface area contributed by atoms with Crippen LogP contribution >= 0.6 is 11.8 Å². The molecule has 1 rings (SSSR count). The molecule has 0 N–H and O–H groups in total. The summed E-state index contributed by atoms with van der Waals surface area (Å²) in [7, 11) is 0. The summed E-state index contributed by atoms with van der Waals surface area (Å²) in [5, 5.41) is 0. The minimum Gasteiger partial charge on any atom is -1.00 e. The third-order valence-electron chi connectivity index (χ3n) is 0.487. The first-order valence-corrected chi connectivity index (χ1v) is 2.65. The topological polar surface area (TPSA) is 12.4 Å². The van der Waals surface area contributed by atoms with Gasteiger partial charge in [-0.25, -0.2) is 0 Å². The summed E-state index contributed by atoms with van der Waals surface area (Å²) in [5.74, 6) is 1.19. The van der Waals surface area contributed by atoms with Crippen molar-refractivity contribution >= 4 is 27.4 Å². The SMILES string of the molecule is C1=NCCS1.[Be+2].[H-].[H-]. The van der Waals surface area contributed by atoms with Gasteiger partial charge in [0.25, 0.3) is 0 Å². The molecule has 0 fully saturated rings. The number of thioether (sulfide) groups is 1. The van der Waals surface area contributed by atoms with Crippen LogP contribution in [0, 0.1) is 0 Å². The summed E-state index contributed by atoms with van der Waals surface area (Å²) in [6.45, 7) is 1.03. The zero-order valence-corrected chi connectivity index (χ0v) is 4.37. The average molecular weight is 98.2 g/mol. The molecule has 32 valence electrons. The predicted molar refractivity (Wildman–Crippen MR) is 33.8 cm³/mol. The molecular weight excluding hydrogens is 91.1 g/mol. The molecule has 0 saturated carbocycles. The van der Waals surface area contributed by atoms with Crippen molar-refractivity contribution < 1.29 is 2.85 Å². The van der Waals surface area contributed by atoms with E-state index >= 15 is 0 Å². The molecule has 1 nitrogen and oxygen atoms in total. The van der Waals surface area contributed by atoms with E-state index in [2.05, 4.69) is 4.99 Å². The third kappa shape index (κ3) is 1.58. The maximum atomic E-state index is 3.92. The van der Waals surface area contributed by atoms with E-state index in [1.54, 1.807) is 11.8 Å². The van der Waals surface area contributed by atoms with Crippen molar-refractivity contribution in [1.29, 1.82) is 0 Å². The Morgan fingerprint density at radius 3 is 2.83 bits per heavy atom. The van der Waals surface area contributed by atoms with E-state index in [0.717, 1.165) is 6.54 Å². The van der Waals surface area contributed by atoms with Gasteiger partial charge in [-0.3, -0.25) is 4.99 Å². The molecule has 0 radical (unpaired) electrons. The van der Waals surface area contributed by atoms with Gasteiger partial charge < -0.3 is 2.85 Å². The van der Waals surface area contributed by atoms with Crippen LogP contribution < -0.4 is 0 Å². The van der Waals surface area contributed by atoms with Crippen molar-refractivity contribution in [1.82, 2.24) is 0 Å². The van der Waals surface area contributed by atoms with Crippen LogP contribution in [-0.4, -0.2) is 28.0 Å². The first-order chi connectivity index (χ1) is 2.50. The molecule has 1 aliphatic heterocycles. The summed E-state index contributed by atoms with van der Waals surface area (Å²) in [6.07, 6.45) is 0. The van der Waals surface area contributed by atoms with Gasteiger partial charge in [-0.2, -0.15) is 0 Å². The van der Waals surface area contributed by atoms with Crippen molar-refractivity contribution in [2.45, 2.75) is 0 Å². The molecule has 6 heavy (non-hydrogen) atoms. The van der Waals surface area contributed by atoms with Crippen LogP contribution in [0.2, 0.25) is 0 Å². The second-order valence-corrected chi connectivity index (χ2v) is 1.83. The predicted octanol–water partition coefficient (Wildman–Crippen LogP) is 0.606. The van der Waals surface area contributed by atoms with E-state index in [9.17, 15) is 0 Å². The molecule has 0 aliphatic carbocycles. The number of hydrogen-bond donors (Lipinski definition) is 0. The molecule has 0 aromatic carbocycles. The van der Waals surface area contributed by atoms with Gasteiger partial charge in [0.15, 0.2) is 0 Å². The van der Waals surface area contributed by atoms with Gasteiger partial charge in [0.2, 0.25) is 0 Å². The normalized spacial score (nSPS) is 17.3. The maximum absolute atomic E-state index is 3.92. The van der Waals surface area contributed by atoms with Gasteiger partial charge >= 0.3 is 10.1 Å². The Hall–Kier alpha value is 0.189. The molecule has 0 unspecified atom stereocenters. The molecule has 0 spiro atoms. The number of hydrogen-bond acceptors (Lipinski definition) is 2. The van der Waals surface area contributed by atoms with Crippen LogP contribution in [0.1, 0.15) is 2.85 Å². The fraction of sp³-hybridized carbons (Fsp3) is 0.667. The van der Waals surface area contributed by atoms with E-state index in [4.69, 9.17) is 0 Å². The Balaban J connectivity index is -0.0000000833. The molecule has 0 atom stereocenters. The fourth-order valence-corrected chi connectivity index (χ4v) is 0.791. The standard InChI is InChI=1S/C3H5NS.Be.2H/c1-2-5-3-4-1;;;/h3H,1-2H2;;;/q;+2;2*-1. The van der Waals surface area contributed by atoms with Gasteiger partial charge in [0.1, 0.15) is 0 Å². The Bertz CT molecular complexity index is 55.2. The van der Waals surface area contributed by atoms with E-state index in [0.29, 0.717) is 0 Å². The van der Waals surface area contributed by atoms with Gasteiger partial charge in [0, 0.05) is 12.3 Å². The summed E-state index contributed by atoms with van der Waals surface area (Å²) in [5.41, 5.74) is 1.90. The molecule has 1 aliphatic rings. The van der Waals surface area contributed by atoms with Gasteiger partial charge in [-0.1, -0.05) is 0 Å². The van der Waals surface area contributed by atoms with Crippen LogP contribution in [0.15, 0.2) is 4.99 Å². The Labute approximate surface area is 48.4 Å². The largest absolute Gasteiger partial charge is 2.00 e. The number of rotatable bonds is 0. The maximum Gasteiger partial charge on any atom is 2.00 e. The molecule has 0 bridgehead atoms. The Morgan fingerprint density at radius 2 is 2.67 bits per heavy atom. The monoisotopic (exact) mass is 98.0 g/mol. The molecule has 0 aromatic heterocycles. The second-order valence-electron chi connectivity index (χ2n) is 0.882. The molecule has 1 heterocycles. The average Bonchev–Trinajstić information content (AvgIpc) is 1.76. The summed E-state index contributed by atoms with van der Waals surface area (Å²) >= 11 is 1.78. The van der Waals surface area contributed by atoms with E-state index in [-0.39, 0.29) is 13.0 Å². The number of aliphatic imine (C=N–C) groups is 1. The minimum atomic E-state index is 0. The molecule has 0 amide bonds. The van der Waals surface area contributed by atoms with Crippen LogP contribution in [0.5, 0.6) is 0 Å². The smallest absolute Gasteiger partial charge is 1.00 e. The molecule has 0 saturated heterocycles. The molecule has 0 aromatic rings. The zero-order chi connectivity index (χ0) is 3.54. The second kappa shape index (κ2) is 3.38. The number of nitrogens with zero attached hydrogens (tertiary/aromatic N) is 1. The van der Waals surface area contributed by atoms with Crippen molar-refractivity contribution in [3.8, 4) is 0 Å². The quantitative estimate of drug-likeness (QED) is 0.404. The fourth-order valence-electron chi connectivity index (χ4n) is 0.264. The van der Waals surface area contributed by atoms with Crippen molar-refractivity contribution in [2.24, 2.45) is 4.99 Å². The first-order valence-electron chi connectivity index (χ1n) is 1.60.